The summed E-state index contributed by atoms with van der Waals surface area (Å²) in [5.74, 6) is -0.514. The maximum Gasteiger partial charge on any atom is 0.416 e. The van der Waals surface area contributed by atoms with Crippen LogP contribution in [0.5, 0.6) is 0 Å². The van der Waals surface area contributed by atoms with E-state index in [0.29, 0.717) is 5.16 Å². The first-order chi connectivity index (χ1) is 13.2. The van der Waals surface area contributed by atoms with E-state index >= 15 is 0 Å². The topological polar surface area (TPSA) is 46.9 Å². The zero-order chi connectivity index (χ0) is 20.3. The predicted octanol–water partition coefficient (Wildman–Crippen LogP) is 5.58. The molecule has 1 heterocycles. The van der Waals surface area contributed by atoms with Crippen molar-refractivity contribution < 1.29 is 18.0 Å². The lowest BCUT2D eigenvalue weighted by atomic mass is 10.2. The van der Waals surface area contributed by atoms with Gasteiger partial charge in [0.05, 0.1) is 22.0 Å². The number of alkyl halides is 3. The summed E-state index contributed by atoms with van der Waals surface area (Å²) >= 11 is 7.08. The molecule has 0 spiro atoms. The zero-order valence-corrected chi connectivity index (χ0v) is 16.2. The van der Waals surface area contributed by atoms with Gasteiger partial charge in [-0.1, -0.05) is 35.5 Å². The first-order valence-electron chi connectivity index (χ1n) is 8.14. The Labute approximate surface area is 168 Å². The maximum atomic E-state index is 12.8. The van der Waals surface area contributed by atoms with Crippen molar-refractivity contribution in [2.45, 2.75) is 18.3 Å². The molecule has 0 saturated carbocycles. The summed E-state index contributed by atoms with van der Waals surface area (Å²) in [6, 6.07) is 10.6. The minimum Gasteiger partial charge on any atom is -0.324 e. The molecule has 1 aromatic heterocycles. The summed E-state index contributed by atoms with van der Waals surface area (Å²) in [5, 5.41) is 3.05. The number of thioether (sulfide) groups is 1. The SMILES string of the molecule is Cc1cccc(-n2ccnc2SCC(=O)Nc2cc(C(F)(F)F)ccc2Cl)c1. The lowest BCUT2D eigenvalue weighted by Crippen LogP contribution is -2.16. The van der Waals surface area contributed by atoms with E-state index in [4.69, 9.17) is 11.6 Å². The fraction of sp³-hybridized carbons (Fsp3) is 0.158. The maximum absolute atomic E-state index is 12.8. The third kappa shape index (κ3) is 4.88. The highest BCUT2D eigenvalue weighted by Gasteiger charge is 2.31. The molecule has 0 atom stereocenters. The number of nitrogens with one attached hydrogen (secondary N) is 1. The second-order valence-corrected chi connectivity index (χ2v) is 7.30. The summed E-state index contributed by atoms with van der Waals surface area (Å²) in [6.07, 6.45) is -1.12. The van der Waals surface area contributed by atoms with Gasteiger partial charge in [-0.25, -0.2) is 4.98 Å². The molecule has 0 radical (unpaired) electrons. The quantitative estimate of drug-likeness (QED) is 0.542. The van der Waals surface area contributed by atoms with Gasteiger partial charge in [-0.05, 0) is 42.8 Å². The molecule has 0 saturated heterocycles. The van der Waals surface area contributed by atoms with Crippen molar-refractivity contribution in [2.75, 3.05) is 11.1 Å². The number of amides is 1. The van der Waals surface area contributed by atoms with Gasteiger partial charge in [0.15, 0.2) is 5.16 Å². The third-order valence-electron chi connectivity index (χ3n) is 3.79. The highest BCUT2D eigenvalue weighted by Crippen LogP contribution is 2.34. The van der Waals surface area contributed by atoms with Gasteiger partial charge in [0.2, 0.25) is 5.91 Å². The van der Waals surface area contributed by atoms with Gasteiger partial charge in [0.1, 0.15) is 0 Å². The van der Waals surface area contributed by atoms with Crippen LogP contribution in [0.2, 0.25) is 5.02 Å². The van der Waals surface area contributed by atoms with Crippen LogP contribution in [0, 0.1) is 6.92 Å². The smallest absolute Gasteiger partial charge is 0.324 e. The van der Waals surface area contributed by atoms with Crippen LogP contribution < -0.4 is 5.32 Å². The number of benzene rings is 2. The van der Waals surface area contributed by atoms with Crippen molar-refractivity contribution in [3.05, 3.63) is 71.0 Å². The number of rotatable bonds is 5. The highest BCUT2D eigenvalue weighted by atomic mass is 35.5. The molecule has 0 bridgehead atoms. The van der Waals surface area contributed by atoms with E-state index in [2.05, 4.69) is 10.3 Å². The Morgan fingerprint density at radius 3 is 2.75 bits per heavy atom. The second kappa shape index (κ2) is 8.28. The molecule has 146 valence electrons. The van der Waals surface area contributed by atoms with Gasteiger partial charge in [-0.3, -0.25) is 9.36 Å². The molecule has 0 aliphatic rings. The zero-order valence-electron chi connectivity index (χ0n) is 14.6. The van der Waals surface area contributed by atoms with Crippen LogP contribution in [0.1, 0.15) is 11.1 Å². The first kappa shape index (κ1) is 20.3. The average molecular weight is 426 g/mol. The molecule has 28 heavy (non-hydrogen) atoms. The van der Waals surface area contributed by atoms with Crippen molar-refractivity contribution in [3.8, 4) is 5.69 Å². The van der Waals surface area contributed by atoms with Gasteiger partial charge in [-0.15, -0.1) is 0 Å². The molecule has 0 aliphatic heterocycles. The van der Waals surface area contributed by atoms with E-state index in [1.807, 2.05) is 35.8 Å². The number of carbonyl (C=O) groups is 1. The Bertz CT molecular complexity index is 1000. The van der Waals surface area contributed by atoms with Crippen LogP contribution in [0.15, 0.2) is 60.0 Å². The fourth-order valence-corrected chi connectivity index (χ4v) is 3.42. The number of imidazole rings is 1. The Hall–Kier alpha value is -2.45. The fourth-order valence-electron chi connectivity index (χ4n) is 2.48. The lowest BCUT2D eigenvalue weighted by molar-refractivity contribution is -0.137. The largest absolute Gasteiger partial charge is 0.416 e. The van der Waals surface area contributed by atoms with Crippen LogP contribution in [-0.4, -0.2) is 21.2 Å². The van der Waals surface area contributed by atoms with Crippen molar-refractivity contribution in [2.24, 2.45) is 0 Å². The third-order valence-corrected chi connectivity index (χ3v) is 5.08. The standard InChI is InChI=1S/C19H15ClF3N3OS/c1-12-3-2-4-14(9-12)26-8-7-24-18(26)28-11-17(27)25-16-10-13(19(21,22)23)5-6-15(16)20/h2-10H,11H2,1H3,(H,25,27). The van der Waals surface area contributed by atoms with Crippen LogP contribution in [-0.2, 0) is 11.0 Å². The van der Waals surface area contributed by atoms with Gasteiger partial charge in [0.25, 0.3) is 0 Å². The second-order valence-electron chi connectivity index (χ2n) is 5.95. The van der Waals surface area contributed by atoms with Crippen molar-refractivity contribution in [1.82, 2.24) is 9.55 Å². The van der Waals surface area contributed by atoms with E-state index < -0.39 is 17.6 Å². The number of carbonyl (C=O) groups excluding carboxylic acids is 1. The van der Waals surface area contributed by atoms with Crippen LogP contribution >= 0.6 is 23.4 Å². The molecule has 3 rings (SSSR count). The molecular formula is C19H15ClF3N3OS. The van der Waals surface area contributed by atoms with Crippen LogP contribution in [0.3, 0.4) is 0 Å². The van der Waals surface area contributed by atoms with Crippen LogP contribution in [0.25, 0.3) is 5.69 Å². The molecule has 2 aromatic carbocycles. The number of hydrogen-bond donors (Lipinski definition) is 1. The Kier molecular flexibility index (Phi) is 6.00. The number of hydrogen-bond acceptors (Lipinski definition) is 3. The average Bonchev–Trinajstić information content (AvgIpc) is 3.09. The minimum absolute atomic E-state index is 0.0323. The number of anilines is 1. The molecule has 0 aliphatic carbocycles. The number of nitrogens with zero attached hydrogens (tertiary/aromatic N) is 2. The molecule has 0 fully saturated rings. The molecule has 1 N–H and O–H groups in total. The first-order valence-corrected chi connectivity index (χ1v) is 9.50. The van der Waals surface area contributed by atoms with Crippen molar-refractivity contribution >= 4 is 35.0 Å². The summed E-state index contributed by atoms with van der Waals surface area (Å²) < 4.78 is 40.3. The molecule has 4 nitrogen and oxygen atoms in total. The minimum atomic E-state index is -4.52. The number of aromatic nitrogens is 2. The molecule has 1 amide bonds. The van der Waals surface area contributed by atoms with E-state index in [1.54, 1.807) is 12.4 Å². The Morgan fingerprint density at radius 2 is 2.04 bits per heavy atom. The summed E-state index contributed by atoms with van der Waals surface area (Å²) in [4.78, 5) is 16.5. The van der Waals surface area contributed by atoms with E-state index in [9.17, 15) is 18.0 Å². The Balaban J connectivity index is 1.69. The van der Waals surface area contributed by atoms with E-state index in [-0.39, 0.29) is 16.5 Å². The van der Waals surface area contributed by atoms with Gasteiger partial charge < -0.3 is 5.32 Å². The van der Waals surface area contributed by atoms with Crippen LogP contribution in [0.4, 0.5) is 18.9 Å². The summed E-state index contributed by atoms with van der Waals surface area (Å²) in [6.45, 7) is 1.97. The molecule has 9 heteroatoms. The molecule has 0 unspecified atom stereocenters. The summed E-state index contributed by atoms with van der Waals surface area (Å²) in [5.41, 5.74) is 1.03. The van der Waals surface area contributed by atoms with Crippen molar-refractivity contribution in [3.63, 3.8) is 0 Å². The van der Waals surface area contributed by atoms with Crippen molar-refractivity contribution in [1.29, 1.82) is 0 Å². The number of aryl methyl sites for hydroxylation is 1. The predicted molar refractivity (Wildman–Crippen MR) is 104 cm³/mol. The van der Waals surface area contributed by atoms with Gasteiger partial charge in [0, 0.05) is 18.1 Å². The van der Waals surface area contributed by atoms with E-state index in [1.165, 1.54) is 11.8 Å². The normalized spacial score (nSPS) is 11.5. The summed E-state index contributed by atoms with van der Waals surface area (Å²) in [7, 11) is 0. The Morgan fingerprint density at radius 1 is 1.25 bits per heavy atom. The monoisotopic (exact) mass is 425 g/mol. The van der Waals surface area contributed by atoms with Gasteiger partial charge in [-0.2, -0.15) is 13.2 Å². The highest BCUT2D eigenvalue weighted by molar-refractivity contribution is 7.99. The molecule has 3 aromatic rings. The van der Waals surface area contributed by atoms with Gasteiger partial charge >= 0.3 is 6.18 Å². The number of halogens is 4. The lowest BCUT2D eigenvalue weighted by Gasteiger charge is -2.12. The van der Waals surface area contributed by atoms with E-state index in [0.717, 1.165) is 29.4 Å². The molecular weight excluding hydrogens is 411 g/mol.